The molecule has 2 heterocycles. The predicted octanol–water partition coefficient (Wildman–Crippen LogP) is 4.13. The van der Waals surface area contributed by atoms with E-state index in [1.165, 1.54) is 24.3 Å². The quantitative estimate of drug-likeness (QED) is 0.528. The van der Waals surface area contributed by atoms with Crippen molar-refractivity contribution in [2.45, 2.75) is 0 Å². The molecule has 3 nitrogen and oxygen atoms in total. The standard InChI is InChI=1S/C16H10BrFN2O/c17-12-4-7-16-19-9-14(20(16)10-12)5-6-15(21)11-2-1-3-13(18)8-11/h1-10H/b6-5+. The lowest BCUT2D eigenvalue weighted by atomic mass is 10.1. The Morgan fingerprint density at radius 2 is 2.14 bits per heavy atom. The summed E-state index contributed by atoms with van der Waals surface area (Å²) in [6.07, 6.45) is 6.63. The summed E-state index contributed by atoms with van der Waals surface area (Å²) in [5, 5.41) is 0. The minimum atomic E-state index is -0.423. The molecule has 104 valence electrons. The van der Waals surface area contributed by atoms with Gasteiger partial charge in [0, 0.05) is 16.2 Å². The molecular weight excluding hydrogens is 335 g/mol. The molecule has 21 heavy (non-hydrogen) atoms. The van der Waals surface area contributed by atoms with Crippen molar-refractivity contribution >= 4 is 33.4 Å². The Balaban J connectivity index is 1.91. The highest BCUT2D eigenvalue weighted by Gasteiger charge is 2.04. The first-order valence-corrected chi connectivity index (χ1v) is 7.03. The lowest BCUT2D eigenvalue weighted by molar-refractivity contribution is 0.104. The second kappa shape index (κ2) is 5.61. The third-order valence-electron chi connectivity index (χ3n) is 3.01. The van der Waals surface area contributed by atoms with Crippen LogP contribution in [-0.2, 0) is 0 Å². The van der Waals surface area contributed by atoms with Crippen LogP contribution in [-0.4, -0.2) is 15.2 Å². The van der Waals surface area contributed by atoms with E-state index in [1.807, 2.05) is 22.7 Å². The first-order chi connectivity index (χ1) is 10.1. The van der Waals surface area contributed by atoms with Gasteiger partial charge in [0.05, 0.1) is 11.9 Å². The Kier molecular flexibility index (Phi) is 3.66. The Labute approximate surface area is 128 Å². The molecule has 1 aromatic carbocycles. The first kappa shape index (κ1) is 13.7. The number of pyridine rings is 1. The van der Waals surface area contributed by atoms with Crippen LogP contribution in [0.1, 0.15) is 16.1 Å². The summed E-state index contributed by atoms with van der Waals surface area (Å²) in [5.41, 5.74) is 1.88. The maximum absolute atomic E-state index is 13.1. The topological polar surface area (TPSA) is 34.4 Å². The Morgan fingerprint density at radius 3 is 2.95 bits per heavy atom. The van der Waals surface area contributed by atoms with Crippen LogP contribution in [0.25, 0.3) is 11.7 Å². The highest BCUT2D eigenvalue weighted by molar-refractivity contribution is 9.10. The van der Waals surface area contributed by atoms with Crippen LogP contribution in [0.2, 0.25) is 0 Å². The van der Waals surface area contributed by atoms with Crippen LogP contribution < -0.4 is 0 Å². The summed E-state index contributed by atoms with van der Waals surface area (Å²) >= 11 is 3.39. The largest absolute Gasteiger partial charge is 0.299 e. The van der Waals surface area contributed by atoms with Gasteiger partial charge < -0.3 is 0 Å². The van der Waals surface area contributed by atoms with Gasteiger partial charge >= 0.3 is 0 Å². The zero-order chi connectivity index (χ0) is 14.8. The molecule has 0 atom stereocenters. The molecule has 0 aliphatic rings. The highest BCUT2D eigenvalue weighted by Crippen LogP contribution is 2.15. The average molecular weight is 345 g/mol. The molecule has 0 saturated heterocycles. The van der Waals surface area contributed by atoms with Crippen molar-refractivity contribution in [1.29, 1.82) is 0 Å². The van der Waals surface area contributed by atoms with Gasteiger partial charge in [-0.1, -0.05) is 12.1 Å². The number of rotatable bonds is 3. The van der Waals surface area contributed by atoms with Crippen molar-refractivity contribution in [1.82, 2.24) is 9.38 Å². The van der Waals surface area contributed by atoms with Crippen LogP contribution in [0, 0.1) is 5.82 Å². The number of aromatic nitrogens is 2. The van der Waals surface area contributed by atoms with Crippen molar-refractivity contribution in [3.05, 3.63) is 76.4 Å². The van der Waals surface area contributed by atoms with Crippen LogP contribution in [0.4, 0.5) is 4.39 Å². The normalized spacial score (nSPS) is 11.3. The first-order valence-electron chi connectivity index (χ1n) is 6.24. The zero-order valence-corrected chi connectivity index (χ0v) is 12.4. The van der Waals surface area contributed by atoms with Crippen LogP contribution >= 0.6 is 15.9 Å². The van der Waals surface area contributed by atoms with Gasteiger partial charge in [-0.15, -0.1) is 0 Å². The van der Waals surface area contributed by atoms with Crippen molar-refractivity contribution in [2.75, 3.05) is 0 Å². The van der Waals surface area contributed by atoms with E-state index in [1.54, 1.807) is 18.3 Å². The fourth-order valence-corrected chi connectivity index (χ4v) is 2.33. The molecule has 0 radical (unpaired) electrons. The fraction of sp³-hybridized carbons (Fsp3) is 0. The van der Waals surface area contributed by atoms with E-state index in [-0.39, 0.29) is 5.78 Å². The molecule has 3 rings (SSSR count). The van der Waals surface area contributed by atoms with E-state index in [0.29, 0.717) is 5.56 Å². The summed E-state index contributed by atoms with van der Waals surface area (Å²) in [6, 6.07) is 9.40. The molecule has 0 unspecified atom stereocenters. The third-order valence-corrected chi connectivity index (χ3v) is 3.48. The highest BCUT2D eigenvalue weighted by atomic mass is 79.9. The molecule has 0 aliphatic carbocycles. The van der Waals surface area contributed by atoms with Gasteiger partial charge in [0.1, 0.15) is 11.5 Å². The van der Waals surface area contributed by atoms with Gasteiger partial charge in [-0.05, 0) is 52.3 Å². The maximum atomic E-state index is 13.1. The van der Waals surface area contributed by atoms with Gasteiger partial charge in [0.15, 0.2) is 5.78 Å². The zero-order valence-electron chi connectivity index (χ0n) is 10.8. The third kappa shape index (κ3) is 2.92. The number of carbonyl (C=O) groups excluding carboxylic acids is 1. The summed E-state index contributed by atoms with van der Waals surface area (Å²) in [5.74, 6) is -0.674. The van der Waals surface area contributed by atoms with Gasteiger partial charge in [0.2, 0.25) is 0 Å². The molecule has 3 aromatic rings. The van der Waals surface area contributed by atoms with Crippen LogP contribution in [0.15, 0.2) is 59.3 Å². The predicted molar refractivity (Wildman–Crippen MR) is 82.7 cm³/mol. The molecule has 0 bridgehead atoms. The number of benzene rings is 1. The number of carbonyl (C=O) groups is 1. The second-order valence-corrected chi connectivity index (χ2v) is 5.38. The van der Waals surface area contributed by atoms with Crippen molar-refractivity contribution < 1.29 is 9.18 Å². The second-order valence-electron chi connectivity index (χ2n) is 4.47. The molecule has 0 saturated carbocycles. The number of fused-ring (bicyclic) bond motifs is 1. The van der Waals surface area contributed by atoms with E-state index in [9.17, 15) is 9.18 Å². The number of nitrogens with zero attached hydrogens (tertiary/aromatic N) is 2. The lowest BCUT2D eigenvalue weighted by Gasteiger charge is -1.98. The fourth-order valence-electron chi connectivity index (χ4n) is 2.00. The lowest BCUT2D eigenvalue weighted by Crippen LogP contribution is -1.95. The van der Waals surface area contributed by atoms with Gasteiger partial charge in [-0.2, -0.15) is 0 Å². The smallest absolute Gasteiger partial charge is 0.186 e. The van der Waals surface area contributed by atoms with Crippen molar-refractivity contribution in [3.63, 3.8) is 0 Å². The molecule has 0 aliphatic heterocycles. The molecule has 0 spiro atoms. The summed E-state index contributed by atoms with van der Waals surface area (Å²) in [4.78, 5) is 16.2. The van der Waals surface area contributed by atoms with E-state index in [0.717, 1.165) is 15.8 Å². The van der Waals surface area contributed by atoms with Gasteiger partial charge in [-0.3, -0.25) is 9.20 Å². The molecular formula is C16H10BrFN2O. The van der Waals surface area contributed by atoms with Crippen molar-refractivity contribution in [2.24, 2.45) is 0 Å². The monoisotopic (exact) mass is 344 g/mol. The number of imidazole rings is 1. The van der Waals surface area contributed by atoms with E-state index < -0.39 is 5.82 Å². The van der Waals surface area contributed by atoms with E-state index in [4.69, 9.17) is 0 Å². The minimum Gasteiger partial charge on any atom is -0.299 e. The molecule has 5 heteroatoms. The molecule has 0 N–H and O–H groups in total. The number of halogens is 2. The molecule has 0 amide bonds. The van der Waals surface area contributed by atoms with E-state index in [2.05, 4.69) is 20.9 Å². The van der Waals surface area contributed by atoms with Crippen LogP contribution in [0.5, 0.6) is 0 Å². The molecule has 0 fully saturated rings. The Bertz CT molecular complexity index is 854. The van der Waals surface area contributed by atoms with Crippen molar-refractivity contribution in [3.8, 4) is 0 Å². The van der Waals surface area contributed by atoms with E-state index >= 15 is 0 Å². The molecule has 2 aromatic heterocycles. The van der Waals surface area contributed by atoms with Crippen LogP contribution in [0.3, 0.4) is 0 Å². The summed E-state index contributed by atoms with van der Waals surface area (Å²) in [7, 11) is 0. The maximum Gasteiger partial charge on any atom is 0.186 e. The number of allylic oxidation sites excluding steroid dienone is 1. The van der Waals surface area contributed by atoms with Gasteiger partial charge in [-0.25, -0.2) is 9.37 Å². The average Bonchev–Trinajstić information content (AvgIpc) is 2.87. The number of ketones is 1. The summed E-state index contributed by atoms with van der Waals surface area (Å²) in [6.45, 7) is 0. The Morgan fingerprint density at radius 1 is 1.29 bits per heavy atom. The van der Waals surface area contributed by atoms with Gasteiger partial charge in [0.25, 0.3) is 0 Å². The Hall–Kier alpha value is -2.27. The number of hydrogen-bond acceptors (Lipinski definition) is 2. The minimum absolute atomic E-state index is 0.251. The number of hydrogen-bond donors (Lipinski definition) is 0. The summed E-state index contributed by atoms with van der Waals surface area (Å²) < 4.78 is 15.9. The SMILES string of the molecule is O=C(/C=C/c1cnc2ccc(Br)cn12)c1cccc(F)c1.